The van der Waals surface area contributed by atoms with E-state index in [2.05, 4.69) is 4.98 Å². The highest BCUT2D eigenvalue weighted by Crippen LogP contribution is 2.25. The molecular formula is C14H21FN2O2. The highest BCUT2D eigenvalue weighted by atomic mass is 19.1. The van der Waals surface area contributed by atoms with E-state index in [-0.39, 0.29) is 19.4 Å². The summed E-state index contributed by atoms with van der Waals surface area (Å²) in [4.78, 5) is 15.9. The Labute approximate surface area is 113 Å². The van der Waals surface area contributed by atoms with E-state index in [0.29, 0.717) is 12.1 Å². The molecule has 0 radical (unpaired) electrons. The molecule has 0 saturated heterocycles. The SMILES string of the molecule is CCCC(F)OC(=O)CC(C)(CN)c1ccccn1. The van der Waals surface area contributed by atoms with Gasteiger partial charge in [0.1, 0.15) is 0 Å². The third-order valence-electron chi connectivity index (χ3n) is 3.04. The van der Waals surface area contributed by atoms with Crippen molar-refractivity contribution in [1.29, 1.82) is 0 Å². The predicted octanol–water partition coefficient (Wildman–Crippen LogP) is 2.33. The molecular weight excluding hydrogens is 247 g/mol. The summed E-state index contributed by atoms with van der Waals surface area (Å²) in [6.07, 6.45) is 0.967. The fourth-order valence-corrected chi connectivity index (χ4v) is 1.78. The first-order chi connectivity index (χ1) is 9.01. The van der Waals surface area contributed by atoms with Crippen molar-refractivity contribution in [2.75, 3.05) is 6.54 Å². The number of nitrogens with two attached hydrogens (primary N) is 1. The lowest BCUT2D eigenvalue weighted by atomic mass is 9.83. The van der Waals surface area contributed by atoms with E-state index in [0.717, 1.165) is 0 Å². The standard InChI is InChI=1S/C14H21FN2O2/c1-3-6-12(15)19-13(18)9-14(2,10-16)11-7-4-5-8-17-11/h4-5,7-8,12H,3,6,9-10,16H2,1-2H3. The Morgan fingerprint density at radius 2 is 2.32 bits per heavy atom. The van der Waals surface area contributed by atoms with E-state index < -0.39 is 17.7 Å². The monoisotopic (exact) mass is 268 g/mol. The molecule has 0 aromatic carbocycles. The van der Waals surface area contributed by atoms with Gasteiger partial charge in [-0.15, -0.1) is 0 Å². The third kappa shape index (κ3) is 4.59. The summed E-state index contributed by atoms with van der Waals surface area (Å²) in [6.45, 7) is 3.89. The molecule has 106 valence electrons. The van der Waals surface area contributed by atoms with Gasteiger partial charge in [0.25, 0.3) is 0 Å². The number of carbonyl (C=O) groups is 1. The molecule has 19 heavy (non-hydrogen) atoms. The average molecular weight is 268 g/mol. The van der Waals surface area contributed by atoms with Crippen LogP contribution in [-0.4, -0.2) is 23.9 Å². The number of esters is 1. The molecule has 0 amide bonds. The molecule has 0 aliphatic carbocycles. The predicted molar refractivity (Wildman–Crippen MR) is 71.2 cm³/mol. The van der Waals surface area contributed by atoms with Gasteiger partial charge in [-0.3, -0.25) is 9.78 Å². The van der Waals surface area contributed by atoms with Crippen LogP contribution in [0, 0.1) is 0 Å². The molecule has 1 aromatic heterocycles. The molecule has 0 fully saturated rings. The van der Waals surface area contributed by atoms with E-state index in [4.69, 9.17) is 10.5 Å². The second-order valence-corrected chi connectivity index (χ2v) is 4.85. The molecule has 2 unspecified atom stereocenters. The van der Waals surface area contributed by atoms with Crippen LogP contribution in [0.25, 0.3) is 0 Å². The summed E-state index contributed by atoms with van der Waals surface area (Å²) >= 11 is 0. The van der Waals surface area contributed by atoms with Crippen LogP contribution in [0.4, 0.5) is 4.39 Å². The van der Waals surface area contributed by atoms with Gasteiger partial charge in [0.15, 0.2) is 0 Å². The van der Waals surface area contributed by atoms with E-state index in [9.17, 15) is 9.18 Å². The van der Waals surface area contributed by atoms with Gasteiger partial charge in [0.2, 0.25) is 6.36 Å². The first-order valence-electron chi connectivity index (χ1n) is 6.47. The van der Waals surface area contributed by atoms with Crippen molar-refractivity contribution in [1.82, 2.24) is 4.98 Å². The third-order valence-corrected chi connectivity index (χ3v) is 3.04. The molecule has 4 nitrogen and oxygen atoms in total. The molecule has 1 aromatic rings. The van der Waals surface area contributed by atoms with Crippen molar-refractivity contribution in [2.45, 2.75) is 44.9 Å². The number of hydrogen-bond acceptors (Lipinski definition) is 4. The van der Waals surface area contributed by atoms with Crippen LogP contribution in [0.5, 0.6) is 0 Å². The molecule has 0 aliphatic rings. The van der Waals surface area contributed by atoms with Crippen LogP contribution >= 0.6 is 0 Å². The molecule has 1 rings (SSSR count). The molecule has 0 saturated carbocycles. The molecule has 2 N–H and O–H groups in total. The summed E-state index contributed by atoms with van der Waals surface area (Å²) < 4.78 is 18.0. The van der Waals surface area contributed by atoms with Crippen LogP contribution in [0.3, 0.4) is 0 Å². The van der Waals surface area contributed by atoms with Gasteiger partial charge in [-0.2, -0.15) is 0 Å². The smallest absolute Gasteiger partial charge is 0.309 e. The molecule has 0 spiro atoms. The molecule has 5 heteroatoms. The minimum absolute atomic E-state index is 0.0185. The first-order valence-corrected chi connectivity index (χ1v) is 6.47. The number of halogens is 1. The minimum Gasteiger partial charge on any atom is -0.431 e. The normalized spacial score (nSPS) is 15.6. The summed E-state index contributed by atoms with van der Waals surface area (Å²) in [5, 5.41) is 0. The van der Waals surface area contributed by atoms with Crippen molar-refractivity contribution in [3.05, 3.63) is 30.1 Å². The van der Waals surface area contributed by atoms with E-state index in [1.165, 1.54) is 0 Å². The average Bonchev–Trinajstić information content (AvgIpc) is 2.39. The number of ether oxygens (including phenoxy) is 1. The van der Waals surface area contributed by atoms with Crippen molar-refractivity contribution in [2.24, 2.45) is 5.73 Å². The Bertz CT molecular complexity index is 400. The maximum absolute atomic E-state index is 13.2. The summed E-state index contributed by atoms with van der Waals surface area (Å²) in [7, 11) is 0. The van der Waals surface area contributed by atoms with Gasteiger partial charge in [-0.1, -0.05) is 19.9 Å². The van der Waals surface area contributed by atoms with Crippen molar-refractivity contribution in [3.8, 4) is 0 Å². The number of nitrogens with zero attached hydrogens (tertiary/aromatic N) is 1. The van der Waals surface area contributed by atoms with Crippen molar-refractivity contribution < 1.29 is 13.9 Å². The minimum atomic E-state index is -1.54. The van der Waals surface area contributed by atoms with Crippen LogP contribution < -0.4 is 5.73 Å². The highest BCUT2D eigenvalue weighted by Gasteiger charge is 2.31. The maximum atomic E-state index is 13.2. The number of aromatic nitrogens is 1. The van der Waals surface area contributed by atoms with Crippen LogP contribution in [-0.2, 0) is 14.9 Å². The van der Waals surface area contributed by atoms with Gasteiger partial charge in [-0.05, 0) is 18.6 Å². The van der Waals surface area contributed by atoms with Crippen LogP contribution in [0.1, 0.15) is 38.8 Å². The summed E-state index contributed by atoms with van der Waals surface area (Å²) in [5.74, 6) is -0.584. The van der Waals surface area contributed by atoms with Crippen LogP contribution in [0.2, 0.25) is 0 Å². The Morgan fingerprint density at radius 1 is 1.58 bits per heavy atom. The lowest BCUT2D eigenvalue weighted by Gasteiger charge is -2.26. The molecule has 0 aliphatic heterocycles. The van der Waals surface area contributed by atoms with E-state index >= 15 is 0 Å². The van der Waals surface area contributed by atoms with E-state index in [1.807, 2.05) is 19.9 Å². The van der Waals surface area contributed by atoms with Gasteiger partial charge in [0, 0.05) is 30.3 Å². The van der Waals surface area contributed by atoms with Gasteiger partial charge >= 0.3 is 5.97 Å². The van der Waals surface area contributed by atoms with Gasteiger partial charge in [0.05, 0.1) is 6.42 Å². The second-order valence-electron chi connectivity index (χ2n) is 4.85. The molecule has 1 heterocycles. The van der Waals surface area contributed by atoms with Crippen molar-refractivity contribution in [3.63, 3.8) is 0 Å². The lowest BCUT2D eigenvalue weighted by Crippen LogP contribution is -2.36. The second kappa shape index (κ2) is 7.19. The quantitative estimate of drug-likeness (QED) is 0.771. The lowest BCUT2D eigenvalue weighted by molar-refractivity contribution is -0.159. The van der Waals surface area contributed by atoms with Crippen molar-refractivity contribution >= 4 is 5.97 Å². The zero-order valence-electron chi connectivity index (χ0n) is 11.4. The van der Waals surface area contributed by atoms with E-state index in [1.54, 1.807) is 18.3 Å². The fourth-order valence-electron chi connectivity index (χ4n) is 1.78. The number of pyridine rings is 1. The maximum Gasteiger partial charge on any atom is 0.309 e. The van der Waals surface area contributed by atoms with Crippen LogP contribution in [0.15, 0.2) is 24.4 Å². The number of hydrogen-bond donors (Lipinski definition) is 1. The molecule has 0 bridgehead atoms. The topological polar surface area (TPSA) is 65.2 Å². The fraction of sp³-hybridized carbons (Fsp3) is 0.571. The zero-order valence-corrected chi connectivity index (χ0v) is 11.4. The molecule has 2 atom stereocenters. The Balaban J connectivity index is 2.68. The summed E-state index contributed by atoms with van der Waals surface area (Å²) in [6, 6.07) is 5.42. The largest absolute Gasteiger partial charge is 0.431 e. The van der Waals surface area contributed by atoms with Gasteiger partial charge in [-0.25, -0.2) is 4.39 Å². The van der Waals surface area contributed by atoms with Gasteiger partial charge < -0.3 is 10.5 Å². The number of carbonyl (C=O) groups excluding carboxylic acids is 1. The summed E-state index contributed by atoms with van der Waals surface area (Å²) in [5.41, 5.74) is 5.81. The Kier molecular flexibility index (Phi) is 5.89. The Morgan fingerprint density at radius 3 is 2.84 bits per heavy atom. The number of alkyl halides is 1. The number of rotatable bonds is 7. The zero-order chi connectivity index (χ0) is 14.3. The Hall–Kier alpha value is -1.49. The first kappa shape index (κ1) is 15.6. The highest BCUT2D eigenvalue weighted by molar-refractivity contribution is 5.71.